The van der Waals surface area contributed by atoms with Crippen LogP contribution in [-0.2, 0) is 0 Å². The zero-order valence-electron chi connectivity index (χ0n) is 10.0. The molecule has 3 rings (SSSR count). The molecule has 0 aliphatic heterocycles. The summed E-state index contributed by atoms with van der Waals surface area (Å²) in [5.74, 6) is -0.0416. The molecule has 1 amide bonds. The number of rotatable bonds is 3. The molecule has 2 N–H and O–H groups in total. The monoisotopic (exact) mass is 305 g/mol. The van der Waals surface area contributed by atoms with Crippen molar-refractivity contribution < 1.29 is 9.21 Å². The number of benzene rings is 1. The van der Waals surface area contributed by atoms with Gasteiger partial charge in [0.15, 0.2) is 0 Å². The van der Waals surface area contributed by atoms with Crippen molar-refractivity contribution in [2.45, 2.75) is 0 Å². The van der Waals surface area contributed by atoms with E-state index in [0.29, 0.717) is 15.8 Å². The first-order valence-electron chi connectivity index (χ1n) is 5.61. The zero-order valence-corrected chi connectivity index (χ0v) is 11.6. The van der Waals surface area contributed by atoms with Crippen LogP contribution < -0.4 is 5.73 Å². The molecule has 0 saturated heterocycles. The minimum Gasteiger partial charge on any atom is -0.423 e. The molecule has 0 aliphatic carbocycles. The maximum Gasteiger partial charge on any atom is 0.258 e. The highest BCUT2D eigenvalue weighted by Gasteiger charge is 2.12. The predicted molar refractivity (Wildman–Crippen MR) is 76.6 cm³/mol. The number of hydrogen-bond donors (Lipinski definition) is 1. The maximum absolute atomic E-state index is 11.2. The fourth-order valence-corrected chi connectivity index (χ4v) is 2.92. The number of nitrogens with zero attached hydrogens (tertiary/aromatic N) is 2. The smallest absolute Gasteiger partial charge is 0.258 e. The van der Waals surface area contributed by atoms with Gasteiger partial charge in [0.05, 0.1) is 4.88 Å². The molecule has 1 aromatic carbocycles. The molecule has 2 heterocycles. The third-order valence-electron chi connectivity index (χ3n) is 2.69. The van der Waals surface area contributed by atoms with Crippen LogP contribution in [-0.4, -0.2) is 16.1 Å². The van der Waals surface area contributed by atoms with Gasteiger partial charge in [-0.15, -0.1) is 21.5 Å². The predicted octanol–water partition coefficient (Wildman–Crippen LogP) is 3.22. The lowest BCUT2D eigenvalue weighted by molar-refractivity contribution is 0.100. The van der Waals surface area contributed by atoms with Gasteiger partial charge in [-0.05, 0) is 30.3 Å². The van der Waals surface area contributed by atoms with E-state index < -0.39 is 5.91 Å². The van der Waals surface area contributed by atoms with Crippen molar-refractivity contribution in [2.24, 2.45) is 5.73 Å². The number of amides is 1. The van der Waals surface area contributed by atoms with Gasteiger partial charge in [-0.3, -0.25) is 4.79 Å². The normalized spacial score (nSPS) is 10.7. The second-order valence-electron chi connectivity index (χ2n) is 3.97. The Balaban J connectivity index is 2.08. The lowest BCUT2D eigenvalue weighted by Gasteiger charge is -2.03. The van der Waals surface area contributed by atoms with Gasteiger partial charge >= 0.3 is 0 Å². The van der Waals surface area contributed by atoms with E-state index in [0.717, 1.165) is 16.0 Å². The summed E-state index contributed by atoms with van der Waals surface area (Å²) in [6.45, 7) is 0. The standard InChI is InChI=1S/C13H8ClN3O2S/c14-9-2-1-7(13-17-16-6-19-13)5-8(9)10-3-4-11(20-10)12(15)18/h1-6H,(H2,15,18). The molecule has 0 bridgehead atoms. The van der Waals surface area contributed by atoms with E-state index in [-0.39, 0.29) is 0 Å². The Kier molecular flexibility index (Phi) is 3.25. The number of carbonyl (C=O) groups excluding carboxylic acids is 1. The molecule has 0 fully saturated rings. The Hall–Kier alpha value is -2.18. The molecular formula is C13H8ClN3O2S. The lowest BCUT2D eigenvalue weighted by Crippen LogP contribution is -2.07. The van der Waals surface area contributed by atoms with Crippen LogP contribution >= 0.6 is 22.9 Å². The van der Waals surface area contributed by atoms with Gasteiger partial charge in [0.25, 0.3) is 5.91 Å². The Morgan fingerprint density at radius 1 is 1.30 bits per heavy atom. The molecule has 0 saturated carbocycles. The zero-order chi connectivity index (χ0) is 14.1. The van der Waals surface area contributed by atoms with E-state index in [4.69, 9.17) is 21.8 Å². The number of primary amides is 1. The number of thiophene rings is 1. The molecule has 2 aromatic heterocycles. The summed E-state index contributed by atoms with van der Waals surface area (Å²) in [5, 5.41) is 8.07. The van der Waals surface area contributed by atoms with E-state index in [1.165, 1.54) is 17.7 Å². The molecule has 0 radical (unpaired) electrons. The van der Waals surface area contributed by atoms with E-state index in [2.05, 4.69) is 10.2 Å². The maximum atomic E-state index is 11.2. The molecule has 100 valence electrons. The second-order valence-corrected chi connectivity index (χ2v) is 5.46. The average Bonchev–Trinajstić information content (AvgIpc) is 3.10. The van der Waals surface area contributed by atoms with Crippen LogP contribution in [0.3, 0.4) is 0 Å². The first-order valence-corrected chi connectivity index (χ1v) is 6.80. The summed E-state index contributed by atoms with van der Waals surface area (Å²) in [6.07, 6.45) is 1.26. The topological polar surface area (TPSA) is 82.0 Å². The molecule has 0 unspecified atom stereocenters. The van der Waals surface area contributed by atoms with E-state index >= 15 is 0 Å². The first-order chi connectivity index (χ1) is 9.65. The summed E-state index contributed by atoms with van der Waals surface area (Å²) in [4.78, 5) is 12.5. The largest absolute Gasteiger partial charge is 0.423 e. The Morgan fingerprint density at radius 2 is 2.15 bits per heavy atom. The molecule has 7 heteroatoms. The minimum atomic E-state index is -0.453. The molecule has 0 spiro atoms. The highest BCUT2D eigenvalue weighted by atomic mass is 35.5. The van der Waals surface area contributed by atoms with Crippen molar-refractivity contribution in [3.8, 4) is 21.9 Å². The lowest BCUT2D eigenvalue weighted by atomic mass is 10.1. The summed E-state index contributed by atoms with van der Waals surface area (Å²) in [5.41, 5.74) is 6.81. The number of halogens is 1. The fraction of sp³-hybridized carbons (Fsp3) is 0. The Labute approximate surface area is 123 Å². The summed E-state index contributed by atoms with van der Waals surface area (Å²) >= 11 is 7.49. The molecular weight excluding hydrogens is 298 g/mol. The number of hydrogen-bond acceptors (Lipinski definition) is 5. The van der Waals surface area contributed by atoms with Crippen LogP contribution in [0.1, 0.15) is 9.67 Å². The highest BCUT2D eigenvalue weighted by molar-refractivity contribution is 7.17. The second kappa shape index (κ2) is 5.07. The van der Waals surface area contributed by atoms with E-state index in [1.807, 2.05) is 12.1 Å². The van der Waals surface area contributed by atoms with Gasteiger partial charge in [0.1, 0.15) is 0 Å². The van der Waals surface area contributed by atoms with Gasteiger partial charge in [-0.25, -0.2) is 0 Å². The summed E-state index contributed by atoms with van der Waals surface area (Å²) in [7, 11) is 0. The third kappa shape index (κ3) is 2.31. The van der Waals surface area contributed by atoms with Gasteiger partial charge in [-0.1, -0.05) is 11.6 Å². The summed E-state index contributed by atoms with van der Waals surface area (Å²) < 4.78 is 5.16. The third-order valence-corrected chi connectivity index (χ3v) is 4.15. The van der Waals surface area contributed by atoms with Crippen LogP contribution in [0.2, 0.25) is 5.02 Å². The Morgan fingerprint density at radius 3 is 2.80 bits per heavy atom. The molecule has 20 heavy (non-hydrogen) atoms. The van der Waals surface area contributed by atoms with Gasteiger partial charge in [-0.2, -0.15) is 0 Å². The van der Waals surface area contributed by atoms with Crippen LogP contribution in [0.25, 0.3) is 21.9 Å². The minimum absolute atomic E-state index is 0.412. The SMILES string of the molecule is NC(=O)c1ccc(-c2cc(-c3nnco3)ccc2Cl)s1. The van der Waals surface area contributed by atoms with Gasteiger partial charge < -0.3 is 10.2 Å². The average molecular weight is 306 g/mol. The first kappa shape index (κ1) is 12.8. The fourth-order valence-electron chi connectivity index (χ4n) is 1.76. The van der Waals surface area contributed by atoms with Crippen molar-refractivity contribution in [3.63, 3.8) is 0 Å². The molecule has 0 atom stereocenters. The molecule has 0 aliphatic rings. The quantitative estimate of drug-likeness (QED) is 0.805. The van der Waals surface area contributed by atoms with Gasteiger partial charge in [0.2, 0.25) is 12.3 Å². The molecule has 5 nitrogen and oxygen atoms in total. The van der Waals surface area contributed by atoms with Crippen molar-refractivity contribution in [3.05, 3.63) is 46.6 Å². The number of nitrogens with two attached hydrogens (primary N) is 1. The van der Waals surface area contributed by atoms with Crippen LogP contribution in [0.4, 0.5) is 0 Å². The van der Waals surface area contributed by atoms with Crippen LogP contribution in [0, 0.1) is 0 Å². The van der Waals surface area contributed by atoms with E-state index in [1.54, 1.807) is 18.2 Å². The van der Waals surface area contributed by atoms with E-state index in [9.17, 15) is 4.79 Å². The number of carbonyl (C=O) groups is 1. The van der Waals surface area contributed by atoms with Crippen molar-refractivity contribution in [2.75, 3.05) is 0 Å². The van der Waals surface area contributed by atoms with Crippen molar-refractivity contribution in [1.29, 1.82) is 0 Å². The Bertz CT molecular complexity index is 768. The number of aromatic nitrogens is 2. The van der Waals surface area contributed by atoms with Crippen LogP contribution in [0.5, 0.6) is 0 Å². The highest BCUT2D eigenvalue weighted by Crippen LogP contribution is 2.35. The molecule has 3 aromatic rings. The van der Waals surface area contributed by atoms with Crippen LogP contribution in [0.15, 0.2) is 41.1 Å². The van der Waals surface area contributed by atoms with Crippen molar-refractivity contribution in [1.82, 2.24) is 10.2 Å². The van der Waals surface area contributed by atoms with Gasteiger partial charge in [0, 0.05) is 21.0 Å². The summed E-state index contributed by atoms with van der Waals surface area (Å²) in [6, 6.07) is 8.87. The van der Waals surface area contributed by atoms with Crippen molar-refractivity contribution >= 4 is 28.8 Å².